The van der Waals surface area contributed by atoms with Crippen LogP contribution in [0.15, 0.2) is 18.2 Å². The summed E-state index contributed by atoms with van der Waals surface area (Å²) in [5.74, 6) is 0.604. The van der Waals surface area contributed by atoms with Gasteiger partial charge in [0.05, 0.1) is 25.7 Å². The van der Waals surface area contributed by atoms with E-state index in [4.69, 9.17) is 15.2 Å². The molecule has 1 unspecified atom stereocenters. The Balaban J connectivity index is 2.27. The molecular weight excluding hydrogens is 242 g/mol. The largest absolute Gasteiger partial charge is 0.497 e. The van der Waals surface area contributed by atoms with E-state index in [0.29, 0.717) is 6.61 Å². The summed E-state index contributed by atoms with van der Waals surface area (Å²) in [6.07, 6.45) is 3.01. The molecule has 1 aromatic carbocycles. The lowest BCUT2D eigenvalue weighted by Crippen LogP contribution is -2.42. The fourth-order valence-corrected chi connectivity index (χ4v) is 2.77. The molecule has 104 valence electrons. The van der Waals surface area contributed by atoms with Gasteiger partial charge >= 0.3 is 5.97 Å². The number of nitrogens with two attached hydrogens (primary N) is 1. The van der Waals surface area contributed by atoms with E-state index in [2.05, 4.69) is 0 Å². The van der Waals surface area contributed by atoms with E-state index < -0.39 is 5.54 Å². The SMILES string of the molecule is CCOC(=O)CC1(N)CCCc2cc(OC)ccc21. The second-order valence-electron chi connectivity index (χ2n) is 5.01. The molecule has 0 heterocycles. The van der Waals surface area contributed by atoms with E-state index in [-0.39, 0.29) is 12.4 Å². The maximum absolute atomic E-state index is 11.7. The molecule has 1 aliphatic carbocycles. The monoisotopic (exact) mass is 263 g/mol. The molecular formula is C15H21NO3. The quantitative estimate of drug-likeness (QED) is 0.845. The molecule has 1 atom stereocenters. The van der Waals surface area contributed by atoms with Gasteiger partial charge in [0.2, 0.25) is 0 Å². The van der Waals surface area contributed by atoms with E-state index in [0.717, 1.165) is 30.6 Å². The van der Waals surface area contributed by atoms with Gasteiger partial charge in [0, 0.05) is 0 Å². The van der Waals surface area contributed by atoms with Crippen molar-refractivity contribution in [3.8, 4) is 5.75 Å². The number of methoxy groups -OCH3 is 1. The predicted octanol–water partition coefficient (Wildman–Crippen LogP) is 2.14. The maximum atomic E-state index is 11.7. The minimum Gasteiger partial charge on any atom is -0.497 e. The predicted molar refractivity (Wildman–Crippen MR) is 73.0 cm³/mol. The normalized spacial score (nSPS) is 21.6. The Morgan fingerprint density at radius 3 is 2.95 bits per heavy atom. The number of fused-ring (bicyclic) bond motifs is 1. The number of esters is 1. The zero-order chi connectivity index (χ0) is 13.9. The number of benzene rings is 1. The third-order valence-corrected chi connectivity index (χ3v) is 3.68. The lowest BCUT2D eigenvalue weighted by atomic mass is 9.75. The number of hydrogen-bond acceptors (Lipinski definition) is 4. The van der Waals surface area contributed by atoms with Gasteiger partial charge in [0.25, 0.3) is 0 Å². The standard InChI is InChI=1S/C15H21NO3/c1-3-19-14(17)10-15(16)8-4-5-11-9-12(18-2)6-7-13(11)15/h6-7,9H,3-5,8,10,16H2,1-2H3. The third-order valence-electron chi connectivity index (χ3n) is 3.68. The molecule has 0 saturated carbocycles. The molecule has 4 nitrogen and oxygen atoms in total. The van der Waals surface area contributed by atoms with Crippen molar-refractivity contribution in [2.75, 3.05) is 13.7 Å². The van der Waals surface area contributed by atoms with Crippen LogP contribution < -0.4 is 10.5 Å². The second-order valence-corrected chi connectivity index (χ2v) is 5.01. The number of aryl methyl sites for hydroxylation is 1. The van der Waals surface area contributed by atoms with Crippen LogP contribution in [0, 0.1) is 0 Å². The summed E-state index contributed by atoms with van der Waals surface area (Å²) in [7, 11) is 1.65. The van der Waals surface area contributed by atoms with E-state index >= 15 is 0 Å². The van der Waals surface area contributed by atoms with Gasteiger partial charge in [-0.15, -0.1) is 0 Å². The first-order valence-corrected chi connectivity index (χ1v) is 6.71. The number of carbonyl (C=O) groups is 1. The first-order chi connectivity index (χ1) is 9.09. The Labute approximate surface area is 113 Å². The van der Waals surface area contributed by atoms with Crippen LogP contribution in [0.5, 0.6) is 5.75 Å². The van der Waals surface area contributed by atoms with Crippen LogP contribution in [0.2, 0.25) is 0 Å². The fraction of sp³-hybridized carbons (Fsp3) is 0.533. The van der Waals surface area contributed by atoms with Crippen LogP contribution in [-0.4, -0.2) is 19.7 Å². The second kappa shape index (κ2) is 5.61. The topological polar surface area (TPSA) is 61.5 Å². The number of rotatable bonds is 4. The van der Waals surface area contributed by atoms with Crippen molar-refractivity contribution in [3.05, 3.63) is 29.3 Å². The molecule has 2 N–H and O–H groups in total. The van der Waals surface area contributed by atoms with Crippen LogP contribution in [0.4, 0.5) is 0 Å². The lowest BCUT2D eigenvalue weighted by Gasteiger charge is -2.35. The average Bonchev–Trinajstić information content (AvgIpc) is 2.38. The Morgan fingerprint density at radius 1 is 1.47 bits per heavy atom. The Bertz CT molecular complexity index is 472. The van der Waals surface area contributed by atoms with Crippen molar-refractivity contribution in [2.45, 2.75) is 38.1 Å². The highest BCUT2D eigenvalue weighted by Gasteiger charge is 2.35. The average molecular weight is 263 g/mol. The fourth-order valence-electron chi connectivity index (χ4n) is 2.77. The van der Waals surface area contributed by atoms with Crippen LogP contribution >= 0.6 is 0 Å². The van der Waals surface area contributed by atoms with Crippen molar-refractivity contribution in [1.82, 2.24) is 0 Å². The highest BCUT2D eigenvalue weighted by molar-refractivity contribution is 5.71. The molecule has 0 spiro atoms. The maximum Gasteiger partial charge on any atom is 0.307 e. The smallest absolute Gasteiger partial charge is 0.307 e. The highest BCUT2D eigenvalue weighted by atomic mass is 16.5. The molecule has 0 fully saturated rings. The minimum atomic E-state index is -0.605. The van der Waals surface area contributed by atoms with Gasteiger partial charge in [-0.25, -0.2) is 0 Å². The van der Waals surface area contributed by atoms with Gasteiger partial charge in [0.1, 0.15) is 5.75 Å². The summed E-state index contributed by atoms with van der Waals surface area (Å²) in [5, 5.41) is 0. The highest BCUT2D eigenvalue weighted by Crippen LogP contribution is 2.37. The van der Waals surface area contributed by atoms with Crippen LogP contribution in [-0.2, 0) is 21.5 Å². The Morgan fingerprint density at radius 2 is 2.26 bits per heavy atom. The van der Waals surface area contributed by atoms with Gasteiger partial charge in [-0.05, 0) is 49.4 Å². The summed E-state index contributed by atoms with van der Waals surface area (Å²) in [6, 6.07) is 5.89. The first kappa shape index (κ1) is 13.9. The van der Waals surface area contributed by atoms with Gasteiger partial charge in [-0.2, -0.15) is 0 Å². The van der Waals surface area contributed by atoms with Crippen molar-refractivity contribution < 1.29 is 14.3 Å². The summed E-state index contributed by atoms with van der Waals surface area (Å²) in [4.78, 5) is 11.7. The molecule has 0 aromatic heterocycles. The molecule has 1 aliphatic rings. The molecule has 2 rings (SSSR count). The molecule has 0 radical (unpaired) electrons. The van der Waals surface area contributed by atoms with Gasteiger partial charge in [0.15, 0.2) is 0 Å². The van der Waals surface area contributed by atoms with E-state index in [9.17, 15) is 4.79 Å². The van der Waals surface area contributed by atoms with Crippen molar-refractivity contribution in [1.29, 1.82) is 0 Å². The third kappa shape index (κ3) is 2.89. The molecule has 0 saturated heterocycles. The van der Waals surface area contributed by atoms with Crippen molar-refractivity contribution in [3.63, 3.8) is 0 Å². The van der Waals surface area contributed by atoms with E-state index in [1.807, 2.05) is 18.2 Å². The molecule has 0 aliphatic heterocycles. The molecule has 19 heavy (non-hydrogen) atoms. The van der Waals surface area contributed by atoms with E-state index in [1.165, 1.54) is 5.56 Å². The van der Waals surface area contributed by atoms with Crippen molar-refractivity contribution in [2.24, 2.45) is 5.73 Å². The number of ether oxygens (including phenoxy) is 2. The molecule has 1 aromatic rings. The van der Waals surface area contributed by atoms with Crippen molar-refractivity contribution >= 4 is 5.97 Å². The van der Waals surface area contributed by atoms with Gasteiger partial charge in [-0.3, -0.25) is 4.79 Å². The minimum absolute atomic E-state index is 0.228. The Hall–Kier alpha value is -1.55. The molecule has 0 amide bonds. The molecule has 4 heteroatoms. The number of carbonyl (C=O) groups excluding carboxylic acids is 1. The number of hydrogen-bond donors (Lipinski definition) is 1. The Kier molecular flexibility index (Phi) is 4.10. The zero-order valence-corrected chi connectivity index (χ0v) is 11.6. The zero-order valence-electron chi connectivity index (χ0n) is 11.6. The first-order valence-electron chi connectivity index (χ1n) is 6.71. The lowest BCUT2D eigenvalue weighted by molar-refractivity contribution is -0.144. The summed E-state index contributed by atoms with van der Waals surface area (Å²) >= 11 is 0. The van der Waals surface area contributed by atoms with E-state index in [1.54, 1.807) is 14.0 Å². The van der Waals surface area contributed by atoms with Crippen LogP contribution in [0.1, 0.15) is 37.3 Å². The van der Waals surface area contributed by atoms with Crippen LogP contribution in [0.25, 0.3) is 0 Å². The summed E-state index contributed by atoms with van der Waals surface area (Å²) in [5.41, 5.74) is 8.07. The molecule has 0 bridgehead atoms. The van der Waals surface area contributed by atoms with Gasteiger partial charge < -0.3 is 15.2 Å². The van der Waals surface area contributed by atoms with Gasteiger partial charge in [-0.1, -0.05) is 6.07 Å². The van der Waals surface area contributed by atoms with Crippen LogP contribution in [0.3, 0.4) is 0 Å². The summed E-state index contributed by atoms with van der Waals surface area (Å²) in [6.45, 7) is 2.20. The summed E-state index contributed by atoms with van der Waals surface area (Å²) < 4.78 is 10.3.